The zero-order valence-electron chi connectivity index (χ0n) is 15.9. The Morgan fingerprint density at radius 2 is 1.86 bits per heavy atom. The summed E-state index contributed by atoms with van der Waals surface area (Å²) in [6, 6.07) is 5.95. The van der Waals surface area contributed by atoms with Crippen molar-refractivity contribution in [1.29, 1.82) is 0 Å². The molecule has 0 spiro atoms. The maximum atomic E-state index is 12.6. The van der Waals surface area contributed by atoms with Gasteiger partial charge >= 0.3 is 12.1 Å². The lowest BCUT2D eigenvalue weighted by molar-refractivity contribution is -0.159. The van der Waals surface area contributed by atoms with Gasteiger partial charge in [0.2, 0.25) is 5.82 Å². The number of carbonyl (C=O) groups excluding carboxylic acids is 1. The first-order valence-electron chi connectivity index (χ1n) is 9.60. The topological polar surface area (TPSA) is 71.6 Å². The van der Waals surface area contributed by atoms with Gasteiger partial charge < -0.3 is 4.52 Å². The van der Waals surface area contributed by atoms with Crippen LogP contribution < -0.4 is 0 Å². The number of hydrogen-bond donors (Lipinski definition) is 0. The molecule has 2 aliphatic rings. The van der Waals surface area contributed by atoms with Gasteiger partial charge in [0.1, 0.15) is 0 Å². The van der Waals surface area contributed by atoms with Gasteiger partial charge in [0.25, 0.3) is 5.91 Å². The third-order valence-corrected chi connectivity index (χ3v) is 5.49. The SMILES string of the molecule is C/C(CN1CC2CCC(C2)C1)=N\C(=O)c1ccc(-c2noc(C(F)(F)F)n2)cc1. The second-order valence-electron chi connectivity index (χ2n) is 7.89. The Kier molecular flexibility index (Phi) is 5.24. The van der Waals surface area contributed by atoms with E-state index in [0.29, 0.717) is 17.7 Å². The molecular formula is C20H21F3N4O2. The number of likely N-dealkylation sites (tertiary alicyclic amines) is 1. The van der Waals surface area contributed by atoms with Gasteiger partial charge in [0.05, 0.1) is 0 Å². The molecular weight excluding hydrogens is 385 g/mol. The minimum absolute atomic E-state index is 0.185. The van der Waals surface area contributed by atoms with Crippen molar-refractivity contribution in [3.05, 3.63) is 35.7 Å². The van der Waals surface area contributed by atoms with E-state index in [2.05, 4.69) is 24.6 Å². The molecule has 2 atom stereocenters. The van der Waals surface area contributed by atoms with Crippen molar-refractivity contribution in [2.24, 2.45) is 16.8 Å². The lowest BCUT2D eigenvalue weighted by Crippen LogP contribution is -2.39. The fraction of sp³-hybridized carbons (Fsp3) is 0.500. The monoisotopic (exact) mass is 406 g/mol. The van der Waals surface area contributed by atoms with Crippen molar-refractivity contribution >= 4 is 11.6 Å². The highest BCUT2D eigenvalue weighted by Gasteiger charge is 2.38. The predicted octanol–water partition coefficient (Wildman–Crippen LogP) is 4.09. The molecule has 1 aromatic heterocycles. The number of hydrogen-bond acceptors (Lipinski definition) is 5. The van der Waals surface area contributed by atoms with Gasteiger partial charge in [-0.25, -0.2) is 4.99 Å². The molecule has 154 valence electrons. The van der Waals surface area contributed by atoms with Crippen LogP contribution in [0.4, 0.5) is 13.2 Å². The van der Waals surface area contributed by atoms with Crippen molar-refractivity contribution in [2.75, 3.05) is 19.6 Å². The molecule has 1 aliphatic heterocycles. The van der Waals surface area contributed by atoms with Gasteiger partial charge in [-0.2, -0.15) is 18.2 Å². The predicted molar refractivity (Wildman–Crippen MR) is 99.4 cm³/mol. The molecule has 1 saturated carbocycles. The van der Waals surface area contributed by atoms with E-state index in [1.54, 1.807) is 0 Å². The number of benzene rings is 1. The number of alkyl halides is 3. The standard InChI is InChI=1S/C20H21F3N4O2/c1-12(9-27-10-13-2-3-14(8-13)11-27)24-18(28)16-6-4-15(5-7-16)17-25-19(29-26-17)20(21,22)23/h4-7,13-14H,2-3,8-11H2,1H3/b24-12+. The van der Waals surface area contributed by atoms with Crippen LogP contribution in [-0.2, 0) is 6.18 Å². The summed E-state index contributed by atoms with van der Waals surface area (Å²) in [6.45, 7) is 4.66. The lowest BCUT2D eigenvalue weighted by atomic mass is 9.99. The third-order valence-electron chi connectivity index (χ3n) is 5.49. The third kappa shape index (κ3) is 4.55. The second kappa shape index (κ2) is 7.70. The molecule has 1 amide bonds. The number of nitrogens with zero attached hydrogens (tertiary/aromatic N) is 4. The molecule has 2 heterocycles. The highest BCUT2D eigenvalue weighted by molar-refractivity contribution is 6.03. The molecule has 4 rings (SSSR count). The number of fused-ring (bicyclic) bond motifs is 2. The van der Waals surface area contributed by atoms with Gasteiger partial charge in [-0.05, 0) is 50.2 Å². The summed E-state index contributed by atoms with van der Waals surface area (Å²) >= 11 is 0. The fourth-order valence-corrected chi connectivity index (χ4v) is 4.26. The van der Waals surface area contributed by atoms with Crippen molar-refractivity contribution in [1.82, 2.24) is 15.0 Å². The Morgan fingerprint density at radius 1 is 1.21 bits per heavy atom. The quantitative estimate of drug-likeness (QED) is 0.716. The lowest BCUT2D eigenvalue weighted by Gasteiger charge is -2.31. The molecule has 2 unspecified atom stereocenters. The number of carbonyl (C=O) groups is 1. The molecule has 0 N–H and O–H groups in total. The summed E-state index contributed by atoms with van der Waals surface area (Å²) in [5, 5.41) is 3.33. The Balaban J connectivity index is 1.40. The smallest absolute Gasteiger partial charge is 0.329 e. The fourth-order valence-electron chi connectivity index (χ4n) is 4.26. The van der Waals surface area contributed by atoms with Gasteiger partial charge in [0, 0.05) is 36.5 Å². The molecule has 1 aliphatic carbocycles. The highest BCUT2D eigenvalue weighted by Crippen LogP contribution is 2.36. The second-order valence-corrected chi connectivity index (χ2v) is 7.89. The molecule has 2 bridgehead atoms. The molecule has 6 nitrogen and oxygen atoms in total. The van der Waals surface area contributed by atoms with Crippen LogP contribution in [0.2, 0.25) is 0 Å². The molecule has 1 aromatic carbocycles. The van der Waals surface area contributed by atoms with Crippen LogP contribution in [-0.4, -0.2) is 46.3 Å². The van der Waals surface area contributed by atoms with Gasteiger partial charge in [0.15, 0.2) is 0 Å². The van der Waals surface area contributed by atoms with Crippen molar-refractivity contribution < 1.29 is 22.5 Å². The molecule has 0 radical (unpaired) electrons. The summed E-state index contributed by atoms with van der Waals surface area (Å²) in [6.07, 6.45) is -0.773. The number of halogens is 3. The number of aliphatic imine (C=N–C) groups is 1. The molecule has 2 aromatic rings. The van der Waals surface area contributed by atoms with E-state index in [-0.39, 0.29) is 11.7 Å². The minimum atomic E-state index is -4.69. The van der Waals surface area contributed by atoms with Crippen LogP contribution in [0, 0.1) is 11.8 Å². The Labute approximate surface area is 165 Å². The van der Waals surface area contributed by atoms with E-state index in [9.17, 15) is 18.0 Å². The number of rotatable bonds is 4. The van der Waals surface area contributed by atoms with Crippen LogP contribution in [0.5, 0.6) is 0 Å². The first-order chi connectivity index (χ1) is 13.8. The van der Waals surface area contributed by atoms with Crippen LogP contribution >= 0.6 is 0 Å². The zero-order chi connectivity index (χ0) is 20.6. The molecule has 2 fully saturated rings. The van der Waals surface area contributed by atoms with Gasteiger partial charge in [-0.15, -0.1) is 0 Å². The highest BCUT2D eigenvalue weighted by atomic mass is 19.4. The Bertz CT molecular complexity index is 909. The van der Waals surface area contributed by atoms with E-state index in [0.717, 1.165) is 30.6 Å². The zero-order valence-corrected chi connectivity index (χ0v) is 15.9. The average molecular weight is 406 g/mol. The Morgan fingerprint density at radius 3 is 2.45 bits per heavy atom. The number of amides is 1. The van der Waals surface area contributed by atoms with Crippen LogP contribution in [0.25, 0.3) is 11.4 Å². The first kappa shape index (κ1) is 19.8. The van der Waals surface area contributed by atoms with Crippen LogP contribution in [0.1, 0.15) is 42.4 Å². The average Bonchev–Trinajstić information content (AvgIpc) is 3.28. The molecule has 9 heteroatoms. The summed E-state index contributed by atoms with van der Waals surface area (Å²) < 4.78 is 41.9. The van der Waals surface area contributed by atoms with Crippen molar-refractivity contribution in [3.63, 3.8) is 0 Å². The van der Waals surface area contributed by atoms with Crippen molar-refractivity contribution in [2.45, 2.75) is 32.4 Å². The number of aromatic nitrogens is 2. The number of piperidine rings is 1. The van der Waals surface area contributed by atoms with Gasteiger partial charge in [-0.1, -0.05) is 17.3 Å². The maximum absolute atomic E-state index is 12.6. The largest absolute Gasteiger partial charge is 0.471 e. The molecule has 1 saturated heterocycles. The maximum Gasteiger partial charge on any atom is 0.471 e. The summed E-state index contributed by atoms with van der Waals surface area (Å²) in [7, 11) is 0. The normalized spacial score (nSPS) is 22.8. The van der Waals surface area contributed by atoms with Crippen molar-refractivity contribution in [3.8, 4) is 11.4 Å². The molecule has 29 heavy (non-hydrogen) atoms. The van der Waals surface area contributed by atoms with E-state index in [1.807, 2.05) is 6.92 Å². The van der Waals surface area contributed by atoms with E-state index in [1.165, 1.54) is 43.5 Å². The van der Waals surface area contributed by atoms with Crippen LogP contribution in [0.3, 0.4) is 0 Å². The summed E-state index contributed by atoms with van der Waals surface area (Å²) in [5.74, 6) is -0.423. The summed E-state index contributed by atoms with van der Waals surface area (Å²) in [5.41, 5.74) is 1.44. The Hall–Kier alpha value is -2.55. The van der Waals surface area contributed by atoms with E-state index >= 15 is 0 Å². The van der Waals surface area contributed by atoms with Gasteiger partial charge in [-0.3, -0.25) is 9.69 Å². The van der Waals surface area contributed by atoms with E-state index in [4.69, 9.17) is 0 Å². The van der Waals surface area contributed by atoms with Crippen LogP contribution in [0.15, 0.2) is 33.8 Å². The first-order valence-corrected chi connectivity index (χ1v) is 9.60. The van der Waals surface area contributed by atoms with E-state index < -0.39 is 12.1 Å². The minimum Gasteiger partial charge on any atom is -0.329 e. The summed E-state index contributed by atoms with van der Waals surface area (Å²) in [4.78, 5) is 22.3.